The van der Waals surface area contributed by atoms with Crippen LogP contribution in [0.15, 0.2) is 23.1 Å². The van der Waals surface area contributed by atoms with E-state index in [0.717, 1.165) is 15.1 Å². The van der Waals surface area contributed by atoms with Gasteiger partial charge in [-0.1, -0.05) is 6.07 Å². The van der Waals surface area contributed by atoms with Gasteiger partial charge in [0.2, 0.25) is 5.01 Å². The molecule has 1 N–H and O–H groups in total. The van der Waals surface area contributed by atoms with Crippen molar-refractivity contribution in [2.24, 2.45) is 0 Å². The van der Waals surface area contributed by atoms with Gasteiger partial charge < -0.3 is 5.11 Å². The molecule has 2 rings (SSSR count). The Morgan fingerprint density at radius 2 is 2.36 bits per heavy atom. The number of benzene rings is 1. The fourth-order valence-electron chi connectivity index (χ4n) is 1.18. The minimum Gasteiger partial charge on any atom is -0.476 e. The number of hydrogen-bond acceptors (Lipinski definition) is 4. The zero-order chi connectivity index (χ0) is 10.1. The summed E-state index contributed by atoms with van der Waals surface area (Å²) in [5.74, 6) is -0.960. The minimum atomic E-state index is -0.960. The topological polar surface area (TPSA) is 50.2 Å². The van der Waals surface area contributed by atoms with Crippen molar-refractivity contribution in [1.82, 2.24) is 4.98 Å². The first-order chi connectivity index (χ1) is 6.72. The Morgan fingerprint density at radius 3 is 3.00 bits per heavy atom. The molecular weight excluding hydrogens is 218 g/mol. The van der Waals surface area contributed by atoms with Gasteiger partial charge in [0, 0.05) is 4.90 Å². The minimum absolute atomic E-state index is 0.154. The summed E-state index contributed by atoms with van der Waals surface area (Å²) < 4.78 is 0.925. The van der Waals surface area contributed by atoms with Crippen LogP contribution in [-0.2, 0) is 0 Å². The number of rotatable bonds is 2. The molecule has 0 fully saturated rings. The maximum Gasteiger partial charge on any atom is 0.365 e. The molecule has 14 heavy (non-hydrogen) atoms. The Morgan fingerprint density at radius 1 is 1.57 bits per heavy atom. The molecule has 0 atom stereocenters. The molecule has 0 aliphatic rings. The van der Waals surface area contributed by atoms with Crippen LogP contribution in [0.2, 0.25) is 0 Å². The van der Waals surface area contributed by atoms with Crippen LogP contribution in [0.1, 0.15) is 9.80 Å². The number of para-hydroxylation sites is 1. The van der Waals surface area contributed by atoms with Gasteiger partial charge >= 0.3 is 5.97 Å². The van der Waals surface area contributed by atoms with Gasteiger partial charge in [0.25, 0.3) is 0 Å². The number of aromatic carboxylic acids is 1. The molecule has 3 nitrogen and oxygen atoms in total. The average molecular weight is 225 g/mol. The van der Waals surface area contributed by atoms with E-state index < -0.39 is 5.97 Å². The van der Waals surface area contributed by atoms with Gasteiger partial charge in [0.1, 0.15) is 0 Å². The van der Waals surface area contributed by atoms with E-state index in [1.165, 1.54) is 11.3 Å². The van der Waals surface area contributed by atoms with Crippen molar-refractivity contribution in [3.63, 3.8) is 0 Å². The summed E-state index contributed by atoms with van der Waals surface area (Å²) in [5, 5.41) is 8.94. The standard InChI is InChI=1S/C9H7NO2S2/c1-13-5-3-2-4-6-7(5)10-8(14-6)9(11)12/h2-4H,1H3,(H,11,12). The molecular formula is C9H7NO2S2. The summed E-state index contributed by atoms with van der Waals surface area (Å²) in [6, 6.07) is 5.75. The van der Waals surface area contributed by atoms with Crippen LogP contribution < -0.4 is 0 Å². The highest BCUT2D eigenvalue weighted by molar-refractivity contribution is 7.98. The van der Waals surface area contributed by atoms with Crippen LogP contribution in [0.3, 0.4) is 0 Å². The lowest BCUT2D eigenvalue weighted by atomic mass is 10.3. The fraction of sp³-hybridized carbons (Fsp3) is 0.111. The van der Waals surface area contributed by atoms with Crippen LogP contribution in [0.25, 0.3) is 10.2 Å². The predicted molar refractivity (Wildman–Crippen MR) is 58.4 cm³/mol. The summed E-state index contributed by atoms with van der Waals surface area (Å²) in [7, 11) is 0. The monoisotopic (exact) mass is 225 g/mol. The van der Waals surface area contributed by atoms with Crippen molar-refractivity contribution in [3.8, 4) is 0 Å². The highest BCUT2D eigenvalue weighted by Gasteiger charge is 2.11. The second kappa shape index (κ2) is 3.59. The molecule has 0 amide bonds. The van der Waals surface area contributed by atoms with Crippen molar-refractivity contribution in [2.45, 2.75) is 4.90 Å². The van der Waals surface area contributed by atoms with Gasteiger partial charge in [-0.25, -0.2) is 9.78 Å². The first-order valence-electron chi connectivity index (χ1n) is 3.89. The molecule has 0 bridgehead atoms. The summed E-state index contributed by atoms with van der Waals surface area (Å²) in [5.41, 5.74) is 0.794. The van der Waals surface area contributed by atoms with Gasteiger partial charge in [-0.2, -0.15) is 0 Å². The van der Waals surface area contributed by atoms with E-state index in [9.17, 15) is 4.79 Å². The Kier molecular flexibility index (Phi) is 2.43. The number of thiazole rings is 1. The molecule has 72 valence electrons. The molecule has 5 heteroatoms. The Balaban J connectivity index is 2.70. The first-order valence-corrected chi connectivity index (χ1v) is 5.93. The largest absolute Gasteiger partial charge is 0.476 e. The molecule has 1 heterocycles. The summed E-state index contributed by atoms with van der Waals surface area (Å²) in [6.45, 7) is 0. The van der Waals surface area contributed by atoms with E-state index in [2.05, 4.69) is 4.98 Å². The number of aromatic nitrogens is 1. The quantitative estimate of drug-likeness (QED) is 0.798. The number of carboxylic acid groups (broad SMARTS) is 1. The lowest BCUT2D eigenvalue weighted by Gasteiger charge is -1.94. The Labute approximate surface area is 88.8 Å². The maximum absolute atomic E-state index is 10.7. The van der Waals surface area contributed by atoms with Crippen LogP contribution in [0.5, 0.6) is 0 Å². The van der Waals surface area contributed by atoms with Crippen LogP contribution in [0, 0.1) is 0 Å². The zero-order valence-corrected chi connectivity index (χ0v) is 8.98. The lowest BCUT2D eigenvalue weighted by molar-refractivity contribution is 0.0696. The molecule has 1 aromatic heterocycles. The molecule has 0 saturated carbocycles. The second-order valence-electron chi connectivity index (χ2n) is 2.63. The number of carbonyl (C=O) groups is 1. The van der Waals surface area contributed by atoms with E-state index in [-0.39, 0.29) is 5.01 Å². The molecule has 0 radical (unpaired) electrons. The smallest absolute Gasteiger partial charge is 0.365 e. The van der Waals surface area contributed by atoms with Crippen LogP contribution >= 0.6 is 23.1 Å². The van der Waals surface area contributed by atoms with Crippen molar-refractivity contribution in [2.75, 3.05) is 6.26 Å². The van der Waals surface area contributed by atoms with E-state index in [0.29, 0.717) is 0 Å². The van der Waals surface area contributed by atoms with Crippen molar-refractivity contribution in [3.05, 3.63) is 23.2 Å². The lowest BCUT2D eigenvalue weighted by Crippen LogP contribution is -1.93. The SMILES string of the molecule is CSc1cccc2sc(C(=O)O)nc12. The predicted octanol–water partition coefficient (Wildman–Crippen LogP) is 2.72. The number of carboxylic acids is 1. The van der Waals surface area contributed by atoms with E-state index in [1.54, 1.807) is 11.8 Å². The fourth-order valence-corrected chi connectivity index (χ4v) is 2.64. The highest BCUT2D eigenvalue weighted by Crippen LogP contribution is 2.29. The number of nitrogens with zero attached hydrogens (tertiary/aromatic N) is 1. The summed E-state index contributed by atoms with van der Waals surface area (Å²) in [6.07, 6.45) is 1.95. The van der Waals surface area contributed by atoms with Crippen molar-refractivity contribution >= 4 is 39.3 Å². The van der Waals surface area contributed by atoms with Gasteiger partial charge in [0.05, 0.1) is 10.2 Å². The molecule has 0 unspecified atom stereocenters. The molecule has 0 spiro atoms. The molecule has 2 aromatic rings. The van der Waals surface area contributed by atoms with Crippen LogP contribution in [-0.4, -0.2) is 22.3 Å². The van der Waals surface area contributed by atoms with E-state index >= 15 is 0 Å². The second-order valence-corrected chi connectivity index (χ2v) is 4.51. The number of fused-ring (bicyclic) bond motifs is 1. The molecule has 0 saturated heterocycles. The van der Waals surface area contributed by atoms with Gasteiger partial charge in [-0.3, -0.25) is 0 Å². The third-order valence-electron chi connectivity index (χ3n) is 1.78. The summed E-state index contributed by atoms with van der Waals surface area (Å²) in [4.78, 5) is 15.8. The van der Waals surface area contributed by atoms with Crippen molar-refractivity contribution in [1.29, 1.82) is 0 Å². The van der Waals surface area contributed by atoms with Crippen molar-refractivity contribution < 1.29 is 9.90 Å². The normalized spacial score (nSPS) is 10.6. The van der Waals surface area contributed by atoms with Crippen LogP contribution in [0.4, 0.5) is 0 Å². The summed E-state index contributed by atoms with van der Waals surface area (Å²) >= 11 is 2.79. The van der Waals surface area contributed by atoms with E-state index in [4.69, 9.17) is 5.11 Å². The first kappa shape index (κ1) is 9.48. The third kappa shape index (κ3) is 1.49. The Hall–Kier alpha value is -1.07. The molecule has 0 aliphatic carbocycles. The number of hydrogen-bond donors (Lipinski definition) is 1. The zero-order valence-electron chi connectivity index (χ0n) is 7.35. The third-order valence-corrected chi connectivity index (χ3v) is 3.56. The van der Waals surface area contributed by atoms with Gasteiger partial charge in [-0.15, -0.1) is 23.1 Å². The van der Waals surface area contributed by atoms with Gasteiger partial charge in [-0.05, 0) is 18.4 Å². The highest BCUT2D eigenvalue weighted by atomic mass is 32.2. The van der Waals surface area contributed by atoms with E-state index in [1.807, 2.05) is 24.5 Å². The Bertz CT molecular complexity index is 493. The molecule has 1 aromatic carbocycles. The van der Waals surface area contributed by atoms with Gasteiger partial charge in [0.15, 0.2) is 0 Å². The number of thioether (sulfide) groups is 1. The average Bonchev–Trinajstić information content (AvgIpc) is 2.60. The maximum atomic E-state index is 10.7. The molecule has 0 aliphatic heterocycles.